The van der Waals surface area contributed by atoms with E-state index in [0.29, 0.717) is 12.0 Å². The predicted molar refractivity (Wildman–Crippen MR) is 48.2 cm³/mol. The summed E-state index contributed by atoms with van der Waals surface area (Å²) in [6.07, 6.45) is -0.373. The molecule has 0 heterocycles. The number of aliphatic hydroxyl groups is 1. The average molecular weight is 227 g/mol. The van der Waals surface area contributed by atoms with Gasteiger partial charge in [0, 0.05) is 16.5 Å². The Morgan fingerprint density at radius 1 is 1.50 bits per heavy atom. The molecule has 0 fully saturated rings. The molecule has 1 aliphatic rings. The molecular weight excluding hydrogens is 220 g/mol. The van der Waals surface area contributed by atoms with Crippen LogP contribution in [0.1, 0.15) is 15.9 Å². The van der Waals surface area contributed by atoms with Crippen molar-refractivity contribution >= 4 is 21.7 Å². The fourth-order valence-electron chi connectivity index (χ4n) is 1.45. The largest absolute Gasteiger partial charge is 0.385 e. The fourth-order valence-corrected chi connectivity index (χ4v) is 1.86. The zero-order valence-corrected chi connectivity index (χ0v) is 7.84. The maximum Gasteiger partial charge on any atom is 0.191 e. The lowest BCUT2D eigenvalue weighted by molar-refractivity contribution is 0.0780. The molecule has 0 aliphatic heterocycles. The molecule has 1 aromatic carbocycles. The van der Waals surface area contributed by atoms with Crippen molar-refractivity contribution in [2.24, 2.45) is 0 Å². The minimum Gasteiger partial charge on any atom is -0.385 e. The Morgan fingerprint density at radius 3 is 3.00 bits per heavy atom. The molecule has 0 radical (unpaired) electrons. The second-order valence-electron chi connectivity index (χ2n) is 2.89. The molecule has 3 heteroatoms. The van der Waals surface area contributed by atoms with Crippen molar-refractivity contribution < 1.29 is 9.90 Å². The molecule has 0 saturated heterocycles. The first-order valence-corrected chi connectivity index (χ1v) is 4.48. The number of benzene rings is 1. The predicted octanol–water partition coefficient (Wildman–Crippen LogP) is 1.55. The number of hydrogen-bond acceptors (Lipinski definition) is 2. The highest BCUT2D eigenvalue weighted by atomic mass is 79.9. The lowest BCUT2D eigenvalue weighted by Crippen LogP contribution is -2.13. The van der Waals surface area contributed by atoms with E-state index in [1.807, 2.05) is 12.1 Å². The normalized spacial score (nSPS) is 21.2. The van der Waals surface area contributed by atoms with Crippen molar-refractivity contribution in [3.63, 3.8) is 0 Å². The summed E-state index contributed by atoms with van der Waals surface area (Å²) in [6, 6.07) is 5.44. The van der Waals surface area contributed by atoms with Crippen LogP contribution < -0.4 is 0 Å². The van der Waals surface area contributed by atoms with E-state index in [2.05, 4.69) is 15.9 Å². The van der Waals surface area contributed by atoms with Crippen molar-refractivity contribution in [1.82, 2.24) is 0 Å². The van der Waals surface area contributed by atoms with E-state index in [-0.39, 0.29) is 5.78 Å². The molecule has 0 bridgehead atoms. The number of carbonyl (C=O) groups is 1. The Kier molecular flexibility index (Phi) is 1.77. The number of Topliss-reactive ketones (excluding diaryl/α,β-unsaturated/α-hetero) is 1. The van der Waals surface area contributed by atoms with Gasteiger partial charge in [0.05, 0.1) is 0 Å². The van der Waals surface area contributed by atoms with Gasteiger partial charge in [-0.15, -0.1) is 0 Å². The zero-order chi connectivity index (χ0) is 8.72. The van der Waals surface area contributed by atoms with Gasteiger partial charge >= 0.3 is 0 Å². The molecule has 12 heavy (non-hydrogen) atoms. The van der Waals surface area contributed by atoms with Crippen LogP contribution in [0.25, 0.3) is 0 Å². The van der Waals surface area contributed by atoms with E-state index in [4.69, 9.17) is 0 Å². The topological polar surface area (TPSA) is 37.3 Å². The third-order valence-corrected chi connectivity index (χ3v) is 2.54. The van der Waals surface area contributed by atoms with Crippen LogP contribution in [-0.4, -0.2) is 17.0 Å². The highest BCUT2D eigenvalue weighted by Gasteiger charge is 2.28. The molecule has 2 nitrogen and oxygen atoms in total. The van der Waals surface area contributed by atoms with Crippen LogP contribution in [0.15, 0.2) is 22.7 Å². The summed E-state index contributed by atoms with van der Waals surface area (Å²) in [5, 5.41) is 9.25. The van der Waals surface area contributed by atoms with Crippen molar-refractivity contribution in [2.75, 3.05) is 0 Å². The zero-order valence-electron chi connectivity index (χ0n) is 6.25. The Labute approximate surface area is 78.3 Å². The molecule has 1 atom stereocenters. The first-order valence-electron chi connectivity index (χ1n) is 3.69. The number of ketones is 1. The number of aliphatic hydroxyl groups excluding tert-OH is 1. The van der Waals surface area contributed by atoms with Crippen LogP contribution in [0.2, 0.25) is 0 Å². The summed E-state index contributed by atoms with van der Waals surface area (Å²) in [7, 11) is 0. The molecule has 1 N–H and O–H groups in total. The summed E-state index contributed by atoms with van der Waals surface area (Å²) in [5.74, 6) is -0.155. The van der Waals surface area contributed by atoms with Gasteiger partial charge in [-0.2, -0.15) is 0 Å². The smallest absolute Gasteiger partial charge is 0.191 e. The van der Waals surface area contributed by atoms with Crippen LogP contribution in [-0.2, 0) is 6.42 Å². The number of rotatable bonds is 0. The third kappa shape index (κ3) is 1.09. The molecule has 1 aliphatic carbocycles. The molecule has 1 aromatic rings. The summed E-state index contributed by atoms with van der Waals surface area (Å²) in [5.41, 5.74) is 1.59. The maximum atomic E-state index is 11.2. The van der Waals surface area contributed by atoms with Crippen LogP contribution in [0.5, 0.6) is 0 Å². The molecule has 0 aromatic heterocycles. The second kappa shape index (κ2) is 2.68. The van der Waals surface area contributed by atoms with Gasteiger partial charge in [0.1, 0.15) is 6.10 Å². The first kappa shape index (κ1) is 7.95. The van der Waals surface area contributed by atoms with Gasteiger partial charge in [-0.1, -0.05) is 15.9 Å². The maximum absolute atomic E-state index is 11.2. The minimum absolute atomic E-state index is 0.155. The fraction of sp³-hybridized carbons (Fsp3) is 0.222. The van der Waals surface area contributed by atoms with Crippen LogP contribution >= 0.6 is 15.9 Å². The van der Waals surface area contributed by atoms with Crippen LogP contribution in [0.3, 0.4) is 0 Å². The van der Waals surface area contributed by atoms with Gasteiger partial charge in [-0.3, -0.25) is 4.79 Å². The molecule has 0 saturated carbocycles. The Balaban J connectivity index is 2.54. The van der Waals surface area contributed by atoms with Crippen LogP contribution in [0, 0.1) is 0 Å². The Hall–Kier alpha value is -0.670. The second-order valence-corrected chi connectivity index (χ2v) is 3.80. The molecule has 2 rings (SSSR count). The molecular formula is C9H7BrO2. The molecule has 0 spiro atoms. The lowest BCUT2D eigenvalue weighted by Gasteiger charge is -1.95. The quantitative estimate of drug-likeness (QED) is 0.730. The summed E-state index contributed by atoms with van der Waals surface area (Å²) < 4.78 is 0.947. The van der Waals surface area contributed by atoms with E-state index in [1.54, 1.807) is 6.07 Å². The number of carbonyl (C=O) groups excluding carboxylic acids is 1. The van der Waals surface area contributed by atoms with Crippen molar-refractivity contribution in [1.29, 1.82) is 0 Å². The van der Waals surface area contributed by atoms with E-state index in [0.717, 1.165) is 10.0 Å². The summed E-state index contributed by atoms with van der Waals surface area (Å²) in [6.45, 7) is 0. The average Bonchev–Trinajstić information content (AvgIpc) is 2.28. The Morgan fingerprint density at radius 2 is 2.25 bits per heavy atom. The van der Waals surface area contributed by atoms with E-state index >= 15 is 0 Å². The molecule has 0 amide bonds. The van der Waals surface area contributed by atoms with Gasteiger partial charge in [0.25, 0.3) is 0 Å². The monoisotopic (exact) mass is 226 g/mol. The van der Waals surface area contributed by atoms with Gasteiger partial charge in [0.2, 0.25) is 0 Å². The summed E-state index contributed by atoms with van der Waals surface area (Å²) >= 11 is 3.31. The van der Waals surface area contributed by atoms with E-state index in [1.165, 1.54) is 0 Å². The standard InChI is InChI=1S/C9H7BrO2/c10-6-1-2-7-5(3-6)4-8(11)9(7)12/h1-3,8,11H,4H2/t8-/m0/s1. The van der Waals surface area contributed by atoms with E-state index < -0.39 is 6.10 Å². The Bertz CT molecular complexity index is 346. The van der Waals surface area contributed by atoms with E-state index in [9.17, 15) is 9.90 Å². The number of fused-ring (bicyclic) bond motifs is 1. The van der Waals surface area contributed by atoms with Crippen molar-refractivity contribution in [3.05, 3.63) is 33.8 Å². The van der Waals surface area contributed by atoms with Gasteiger partial charge in [-0.05, 0) is 23.8 Å². The first-order chi connectivity index (χ1) is 5.68. The molecule has 62 valence electrons. The highest BCUT2D eigenvalue weighted by molar-refractivity contribution is 9.10. The van der Waals surface area contributed by atoms with Gasteiger partial charge in [-0.25, -0.2) is 0 Å². The number of hydrogen-bond donors (Lipinski definition) is 1. The summed E-state index contributed by atoms with van der Waals surface area (Å²) in [4.78, 5) is 11.2. The number of halogens is 1. The van der Waals surface area contributed by atoms with Gasteiger partial charge in [0.15, 0.2) is 5.78 Å². The molecule has 0 unspecified atom stereocenters. The van der Waals surface area contributed by atoms with Crippen LogP contribution in [0.4, 0.5) is 0 Å². The third-order valence-electron chi connectivity index (χ3n) is 2.05. The van der Waals surface area contributed by atoms with Crippen molar-refractivity contribution in [3.8, 4) is 0 Å². The van der Waals surface area contributed by atoms with Gasteiger partial charge < -0.3 is 5.11 Å². The lowest BCUT2D eigenvalue weighted by atomic mass is 10.1. The SMILES string of the molecule is O=C1c2ccc(Br)cc2C[C@@H]1O. The highest BCUT2D eigenvalue weighted by Crippen LogP contribution is 2.25. The minimum atomic E-state index is -0.825. The van der Waals surface area contributed by atoms with Crippen molar-refractivity contribution in [2.45, 2.75) is 12.5 Å².